The lowest BCUT2D eigenvalue weighted by atomic mass is 10.0. The summed E-state index contributed by atoms with van der Waals surface area (Å²) in [7, 11) is 1.68. The van der Waals surface area contributed by atoms with Crippen molar-refractivity contribution in [2.24, 2.45) is 5.92 Å². The molecular weight excluding hydrogens is 390 g/mol. The van der Waals surface area contributed by atoms with E-state index in [-0.39, 0.29) is 5.91 Å². The summed E-state index contributed by atoms with van der Waals surface area (Å²) in [5, 5.41) is 3.14. The van der Waals surface area contributed by atoms with Crippen molar-refractivity contribution in [3.63, 3.8) is 0 Å². The second kappa shape index (κ2) is 9.88. The van der Waals surface area contributed by atoms with Crippen molar-refractivity contribution < 1.29 is 13.9 Å². The molecule has 0 aliphatic carbocycles. The molecule has 2 aliphatic rings. The molecule has 168 valence electrons. The lowest BCUT2D eigenvalue weighted by Crippen LogP contribution is -2.40. The predicted molar refractivity (Wildman–Crippen MR) is 121 cm³/mol. The second-order valence-electron chi connectivity index (χ2n) is 9.05. The van der Waals surface area contributed by atoms with Gasteiger partial charge >= 0.3 is 0 Å². The average molecular weight is 426 g/mol. The van der Waals surface area contributed by atoms with Crippen molar-refractivity contribution in [2.45, 2.75) is 46.2 Å². The molecule has 0 spiro atoms. The van der Waals surface area contributed by atoms with E-state index in [2.05, 4.69) is 34.2 Å². The lowest BCUT2D eigenvalue weighted by molar-refractivity contribution is 0.0940. The molecule has 1 N–H and O–H groups in total. The van der Waals surface area contributed by atoms with Gasteiger partial charge in [0, 0.05) is 51.3 Å². The first-order valence-corrected chi connectivity index (χ1v) is 11.5. The van der Waals surface area contributed by atoms with E-state index in [0.717, 1.165) is 80.0 Å². The zero-order valence-electron chi connectivity index (χ0n) is 19.1. The van der Waals surface area contributed by atoms with Crippen LogP contribution in [0.25, 0.3) is 0 Å². The molecule has 2 aliphatic heterocycles. The van der Waals surface area contributed by atoms with Crippen LogP contribution in [0.1, 0.15) is 52.8 Å². The number of carbonyl (C=O) groups is 1. The monoisotopic (exact) mass is 425 g/mol. The Morgan fingerprint density at radius 1 is 1.23 bits per heavy atom. The number of ether oxygens (including phenoxy) is 1. The van der Waals surface area contributed by atoms with E-state index >= 15 is 0 Å². The summed E-state index contributed by atoms with van der Waals surface area (Å²) in [5.74, 6) is 3.33. The SMILES string of the molecule is COc1ccc(CN2CCc3oc(C)c(C(=O)NCCN4CCCC(C)C4)c3C2)cc1. The topological polar surface area (TPSA) is 58.0 Å². The van der Waals surface area contributed by atoms with Gasteiger partial charge < -0.3 is 19.4 Å². The van der Waals surface area contributed by atoms with Crippen molar-refractivity contribution in [2.75, 3.05) is 39.8 Å². The fraction of sp³-hybridized carbons (Fsp3) is 0.560. The second-order valence-corrected chi connectivity index (χ2v) is 9.05. The molecule has 31 heavy (non-hydrogen) atoms. The van der Waals surface area contributed by atoms with E-state index in [1.165, 1.54) is 18.4 Å². The molecule has 0 bridgehead atoms. The summed E-state index contributed by atoms with van der Waals surface area (Å²) in [4.78, 5) is 17.9. The standard InChI is InChI=1S/C25H35N3O3/c1-18-5-4-12-27(15-18)14-11-26-25(29)24-19(2)31-23-10-13-28(17-22(23)24)16-20-6-8-21(30-3)9-7-20/h6-9,18H,4-5,10-17H2,1-3H3,(H,26,29). The molecule has 1 atom stereocenters. The van der Waals surface area contributed by atoms with Crippen LogP contribution < -0.4 is 10.1 Å². The maximum absolute atomic E-state index is 13.0. The Morgan fingerprint density at radius 3 is 2.77 bits per heavy atom. The minimum absolute atomic E-state index is 0.00106. The smallest absolute Gasteiger partial charge is 0.255 e. The van der Waals surface area contributed by atoms with Gasteiger partial charge in [-0.15, -0.1) is 0 Å². The maximum atomic E-state index is 13.0. The number of likely N-dealkylation sites (tertiary alicyclic amines) is 1. The first kappa shape index (κ1) is 21.9. The zero-order valence-corrected chi connectivity index (χ0v) is 19.1. The first-order chi connectivity index (χ1) is 15.0. The third kappa shape index (κ3) is 5.31. The van der Waals surface area contributed by atoms with Crippen LogP contribution in [-0.4, -0.2) is 55.5 Å². The molecule has 1 amide bonds. The number of piperidine rings is 1. The molecule has 1 aromatic heterocycles. The lowest BCUT2D eigenvalue weighted by Gasteiger charge is -2.30. The van der Waals surface area contributed by atoms with Crippen LogP contribution in [0.15, 0.2) is 28.7 Å². The molecule has 6 heteroatoms. The number of nitrogens with zero attached hydrogens (tertiary/aromatic N) is 2. The maximum Gasteiger partial charge on any atom is 0.255 e. The molecule has 4 rings (SSSR count). The van der Waals surface area contributed by atoms with Gasteiger partial charge in [-0.1, -0.05) is 19.1 Å². The molecule has 2 aromatic rings. The highest BCUT2D eigenvalue weighted by atomic mass is 16.5. The van der Waals surface area contributed by atoms with E-state index in [9.17, 15) is 4.79 Å². The van der Waals surface area contributed by atoms with E-state index in [1.807, 2.05) is 19.1 Å². The Bertz CT molecular complexity index is 890. The Morgan fingerprint density at radius 2 is 2.03 bits per heavy atom. The number of amides is 1. The molecule has 1 unspecified atom stereocenters. The van der Waals surface area contributed by atoms with Gasteiger partial charge in [-0.05, 0) is 49.9 Å². The Kier molecular flexibility index (Phi) is 6.98. The quantitative estimate of drug-likeness (QED) is 0.734. The first-order valence-electron chi connectivity index (χ1n) is 11.5. The number of aryl methyl sites for hydroxylation is 1. The van der Waals surface area contributed by atoms with E-state index < -0.39 is 0 Å². The third-order valence-corrected chi connectivity index (χ3v) is 6.55. The minimum Gasteiger partial charge on any atom is -0.497 e. The Labute approximate surface area is 185 Å². The largest absolute Gasteiger partial charge is 0.497 e. The van der Waals surface area contributed by atoms with Gasteiger partial charge in [0.05, 0.1) is 12.7 Å². The number of rotatable bonds is 7. The van der Waals surface area contributed by atoms with Crippen LogP contribution in [-0.2, 0) is 19.5 Å². The predicted octanol–water partition coefficient (Wildman–Crippen LogP) is 3.62. The number of fused-ring (bicyclic) bond motifs is 1. The molecule has 3 heterocycles. The summed E-state index contributed by atoms with van der Waals surface area (Å²) in [6.07, 6.45) is 3.41. The molecule has 1 saturated heterocycles. The van der Waals surface area contributed by atoms with Crippen molar-refractivity contribution in [3.8, 4) is 5.75 Å². The zero-order chi connectivity index (χ0) is 21.8. The fourth-order valence-corrected chi connectivity index (χ4v) is 4.91. The van der Waals surface area contributed by atoms with Crippen LogP contribution in [0.3, 0.4) is 0 Å². The molecule has 1 fully saturated rings. The normalized spacial score (nSPS) is 19.8. The van der Waals surface area contributed by atoms with Crippen LogP contribution in [0.2, 0.25) is 0 Å². The van der Waals surface area contributed by atoms with Crippen LogP contribution in [0.4, 0.5) is 0 Å². The van der Waals surface area contributed by atoms with Crippen LogP contribution >= 0.6 is 0 Å². The number of hydrogen-bond acceptors (Lipinski definition) is 5. The molecule has 0 saturated carbocycles. The number of benzene rings is 1. The number of nitrogens with one attached hydrogen (secondary N) is 1. The van der Waals surface area contributed by atoms with E-state index in [0.29, 0.717) is 6.54 Å². The highest BCUT2D eigenvalue weighted by molar-refractivity contribution is 5.97. The molecule has 1 aromatic carbocycles. The molecule has 6 nitrogen and oxygen atoms in total. The summed E-state index contributed by atoms with van der Waals surface area (Å²) >= 11 is 0. The highest BCUT2D eigenvalue weighted by Crippen LogP contribution is 2.29. The van der Waals surface area contributed by atoms with Gasteiger partial charge in [-0.2, -0.15) is 0 Å². The average Bonchev–Trinajstić information content (AvgIpc) is 3.09. The van der Waals surface area contributed by atoms with Gasteiger partial charge in [0.2, 0.25) is 0 Å². The van der Waals surface area contributed by atoms with Crippen molar-refractivity contribution in [3.05, 3.63) is 52.5 Å². The fourth-order valence-electron chi connectivity index (χ4n) is 4.91. The third-order valence-electron chi connectivity index (χ3n) is 6.55. The highest BCUT2D eigenvalue weighted by Gasteiger charge is 2.28. The van der Waals surface area contributed by atoms with Gasteiger partial charge in [-0.3, -0.25) is 9.69 Å². The van der Waals surface area contributed by atoms with Gasteiger partial charge in [0.25, 0.3) is 5.91 Å². The van der Waals surface area contributed by atoms with Gasteiger partial charge in [-0.25, -0.2) is 0 Å². The van der Waals surface area contributed by atoms with Crippen molar-refractivity contribution in [1.82, 2.24) is 15.1 Å². The Balaban J connectivity index is 1.36. The van der Waals surface area contributed by atoms with Crippen LogP contribution in [0.5, 0.6) is 5.75 Å². The molecular formula is C25H35N3O3. The van der Waals surface area contributed by atoms with Crippen molar-refractivity contribution in [1.29, 1.82) is 0 Å². The summed E-state index contributed by atoms with van der Waals surface area (Å²) < 4.78 is 11.2. The Hall–Kier alpha value is -2.31. The van der Waals surface area contributed by atoms with Crippen molar-refractivity contribution >= 4 is 5.91 Å². The van der Waals surface area contributed by atoms with Gasteiger partial charge in [0.15, 0.2) is 0 Å². The van der Waals surface area contributed by atoms with Crippen LogP contribution in [0, 0.1) is 12.8 Å². The minimum atomic E-state index is -0.00106. The summed E-state index contributed by atoms with van der Waals surface area (Å²) in [6.45, 7) is 10.6. The van der Waals surface area contributed by atoms with E-state index in [1.54, 1.807) is 7.11 Å². The van der Waals surface area contributed by atoms with Gasteiger partial charge in [0.1, 0.15) is 17.3 Å². The number of methoxy groups -OCH3 is 1. The summed E-state index contributed by atoms with van der Waals surface area (Å²) in [6, 6.07) is 8.19. The van der Waals surface area contributed by atoms with E-state index in [4.69, 9.17) is 9.15 Å². The number of hydrogen-bond donors (Lipinski definition) is 1. The molecule has 0 radical (unpaired) electrons. The summed E-state index contributed by atoms with van der Waals surface area (Å²) in [5.41, 5.74) is 3.04. The number of carbonyl (C=O) groups excluding carboxylic acids is 1. The number of furan rings is 1.